The number of fused-ring (bicyclic) bond motifs is 3. The summed E-state index contributed by atoms with van der Waals surface area (Å²) < 4.78 is 1.88. The summed E-state index contributed by atoms with van der Waals surface area (Å²) in [6.07, 6.45) is 5.64. The van der Waals surface area contributed by atoms with Crippen LogP contribution in [0.2, 0.25) is 0 Å². The Kier molecular flexibility index (Phi) is 5.06. The van der Waals surface area contributed by atoms with Crippen LogP contribution >= 0.6 is 0 Å². The summed E-state index contributed by atoms with van der Waals surface area (Å²) in [5.41, 5.74) is 7.45. The topological polar surface area (TPSA) is 70.6 Å². The first-order valence-corrected chi connectivity index (χ1v) is 11.2. The highest BCUT2D eigenvalue weighted by molar-refractivity contribution is 6.12. The van der Waals surface area contributed by atoms with Gasteiger partial charge >= 0.3 is 0 Å². The quantitative estimate of drug-likeness (QED) is 0.353. The molecule has 5 rings (SSSR count). The van der Waals surface area contributed by atoms with E-state index in [1.54, 1.807) is 0 Å². The molecule has 0 aliphatic carbocycles. The van der Waals surface area contributed by atoms with Crippen molar-refractivity contribution in [2.75, 3.05) is 19.0 Å². The first kappa shape index (κ1) is 21.6. The van der Waals surface area contributed by atoms with Crippen molar-refractivity contribution in [2.45, 2.75) is 19.3 Å². The largest absolute Gasteiger partial charge is 0.376 e. The minimum Gasteiger partial charge on any atom is -0.376 e. The Morgan fingerprint density at radius 3 is 2.35 bits per heavy atom. The Bertz CT molecular complexity index is 1570. The van der Waals surface area contributed by atoms with Gasteiger partial charge in [0.1, 0.15) is 5.69 Å². The van der Waals surface area contributed by atoms with E-state index in [1.165, 1.54) is 0 Å². The van der Waals surface area contributed by atoms with Crippen molar-refractivity contribution in [2.24, 2.45) is 7.05 Å². The van der Waals surface area contributed by atoms with Crippen LogP contribution in [0.4, 0.5) is 5.69 Å². The molecule has 0 saturated heterocycles. The Morgan fingerprint density at radius 1 is 0.912 bits per heavy atom. The zero-order valence-electron chi connectivity index (χ0n) is 20.0. The monoisotopic (exact) mass is 446 g/mol. The highest BCUT2D eigenvalue weighted by Crippen LogP contribution is 2.36. The number of benzene rings is 2. The minimum atomic E-state index is -0.536. The Labute approximate surface area is 199 Å². The molecular weight excluding hydrogens is 420 g/mol. The summed E-state index contributed by atoms with van der Waals surface area (Å²) in [5.74, 6) is 0. The third-order valence-electron chi connectivity index (χ3n) is 6.42. The third-order valence-corrected chi connectivity index (χ3v) is 6.42. The predicted molar refractivity (Wildman–Crippen MR) is 138 cm³/mol. The molecule has 2 aromatic carbocycles. The minimum absolute atomic E-state index is 0.536. The number of rotatable bonds is 4. The molecule has 0 fully saturated rings. The third kappa shape index (κ3) is 3.56. The molecule has 3 heterocycles. The van der Waals surface area contributed by atoms with Gasteiger partial charge in [0.25, 0.3) is 0 Å². The fourth-order valence-electron chi connectivity index (χ4n) is 4.25. The number of aryl methyl sites for hydroxylation is 1. The maximum Gasteiger partial charge on any atom is 0.101 e. The van der Waals surface area contributed by atoms with Crippen LogP contribution in [0.1, 0.15) is 19.4 Å². The highest BCUT2D eigenvalue weighted by atomic mass is 15.3. The lowest BCUT2D eigenvalue weighted by Crippen LogP contribution is -2.13. The van der Waals surface area contributed by atoms with Crippen LogP contribution < -0.4 is 4.90 Å². The molecule has 0 N–H and O–H groups in total. The lowest BCUT2D eigenvalue weighted by molar-refractivity contribution is 0.687. The molecule has 0 atom stereocenters. The van der Waals surface area contributed by atoms with Crippen molar-refractivity contribution in [1.29, 1.82) is 5.26 Å². The zero-order chi connectivity index (χ0) is 24.0. The molecule has 0 spiro atoms. The molecule has 0 saturated carbocycles. The smallest absolute Gasteiger partial charge is 0.101 e. The summed E-state index contributed by atoms with van der Waals surface area (Å²) in [5, 5.41) is 16.5. The van der Waals surface area contributed by atoms with Gasteiger partial charge in [0.05, 0.1) is 40.6 Å². The molecule has 0 aliphatic heterocycles. The Balaban J connectivity index is 1.71. The number of pyridine rings is 2. The van der Waals surface area contributed by atoms with Gasteiger partial charge in [-0.1, -0.05) is 30.3 Å². The number of nitriles is 1. The Hall–Kier alpha value is -4.24. The molecule has 168 valence electrons. The number of aromatic nitrogens is 4. The number of hydrogen-bond donors (Lipinski definition) is 0. The van der Waals surface area contributed by atoms with E-state index in [0.29, 0.717) is 0 Å². The van der Waals surface area contributed by atoms with Gasteiger partial charge in [-0.2, -0.15) is 10.4 Å². The summed E-state index contributed by atoms with van der Waals surface area (Å²) >= 11 is 0. The molecule has 0 aliphatic rings. The fraction of sp³-hybridized carbons (Fsp3) is 0.214. The van der Waals surface area contributed by atoms with Gasteiger partial charge in [0.2, 0.25) is 0 Å². The van der Waals surface area contributed by atoms with Gasteiger partial charge in [-0.15, -0.1) is 0 Å². The van der Waals surface area contributed by atoms with Crippen molar-refractivity contribution in [3.05, 3.63) is 72.7 Å². The molecule has 0 bridgehead atoms. The zero-order valence-corrected chi connectivity index (χ0v) is 20.0. The van der Waals surface area contributed by atoms with Crippen molar-refractivity contribution in [1.82, 2.24) is 19.7 Å². The lowest BCUT2D eigenvalue weighted by atomic mass is 9.86. The molecule has 0 unspecified atom stereocenters. The average Bonchev–Trinajstić information content (AvgIpc) is 3.20. The van der Waals surface area contributed by atoms with Crippen LogP contribution in [0.3, 0.4) is 0 Å². The first-order chi connectivity index (χ1) is 16.3. The number of anilines is 1. The van der Waals surface area contributed by atoms with Crippen molar-refractivity contribution < 1.29 is 0 Å². The van der Waals surface area contributed by atoms with Crippen molar-refractivity contribution >= 4 is 27.5 Å². The average molecular weight is 447 g/mol. The number of hydrogen-bond acceptors (Lipinski definition) is 5. The van der Waals surface area contributed by atoms with E-state index in [9.17, 15) is 5.26 Å². The molecule has 0 amide bonds. The van der Waals surface area contributed by atoms with E-state index in [1.807, 2.05) is 75.3 Å². The molecule has 0 radical (unpaired) electrons. The van der Waals surface area contributed by atoms with Crippen molar-refractivity contribution in [3.63, 3.8) is 0 Å². The van der Waals surface area contributed by atoms with Crippen LogP contribution in [-0.4, -0.2) is 33.8 Å². The van der Waals surface area contributed by atoms with Crippen LogP contribution in [0.5, 0.6) is 0 Å². The lowest BCUT2D eigenvalue weighted by Gasteiger charge is -2.15. The van der Waals surface area contributed by atoms with Gasteiger partial charge in [-0.3, -0.25) is 14.6 Å². The van der Waals surface area contributed by atoms with E-state index < -0.39 is 5.41 Å². The van der Waals surface area contributed by atoms with Crippen molar-refractivity contribution in [3.8, 4) is 28.5 Å². The SMILES string of the molecule is CN(C)c1cncc(-c2ccc3ncc4c(c(-c5ccc(C(C)(C)C#N)cc5)nn4C)c3c2)c1. The van der Waals surface area contributed by atoms with E-state index in [0.717, 1.165) is 55.4 Å². The van der Waals surface area contributed by atoms with Crippen LogP contribution in [0.25, 0.3) is 44.2 Å². The van der Waals surface area contributed by atoms with Crippen LogP contribution in [-0.2, 0) is 12.5 Å². The van der Waals surface area contributed by atoms with Gasteiger partial charge in [0.15, 0.2) is 0 Å². The normalized spacial score (nSPS) is 11.6. The van der Waals surface area contributed by atoms with Crippen LogP contribution in [0.15, 0.2) is 67.1 Å². The summed E-state index contributed by atoms with van der Waals surface area (Å²) in [7, 11) is 5.97. The molecular formula is C28H26N6. The molecule has 34 heavy (non-hydrogen) atoms. The van der Waals surface area contributed by atoms with E-state index >= 15 is 0 Å². The second-order valence-corrected chi connectivity index (χ2v) is 9.36. The van der Waals surface area contributed by atoms with E-state index in [4.69, 9.17) is 10.1 Å². The standard InChI is InChI=1S/C28H26N6/c1-28(2,17-29)21-9-6-18(7-10-21)27-26-23-13-19(20-12-22(33(3)4)15-30-14-20)8-11-24(23)31-16-25(26)34(5)32-27/h6-16H,1-5H3. The summed E-state index contributed by atoms with van der Waals surface area (Å²) in [6, 6.07) is 19.0. The fourth-order valence-corrected chi connectivity index (χ4v) is 4.25. The summed E-state index contributed by atoms with van der Waals surface area (Å²) in [4.78, 5) is 11.2. The van der Waals surface area contributed by atoms with Crippen LogP contribution in [0, 0.1) is 11.3 Å². The molecule has 3 aromatic heterocycles. The molecule has 6 nitrogen and oxygen atoms in total. The van der Waals surface area contributed by atoms with Gasteiger partial charge in [-0.25, -0.2) is 0 Å². The maximum absolute atomic E-state index is 9.48. The van der Waals surface area contributed by atoms with E-state index in [2.05, 4.69) is 47.5 Å². The Morgan fingerprint density at radius 2 is 1.65 bits per heavy atom. The highest BCUT2D eigenvalue weighted by Gasteiger charge is 2.21. The van der Waals surface area contributed by atoms with Gasteiger partial charge in [0, 0.05) is 49.2 Å². The van der Waals surface area contributed by atoms with Gasteiger partial charge in [-0.05, 0) is 43.2 Å². The molecule has 5 aromatic rings. The summed E-state index contributed by atoms with van der Waals surface area (Å²) in [6.45, 7) is 3.86. The second kappa shape index (κ2) is 7.96. The molecule has 6 heteroatoms. The first-order valence-electron chi connectivity index (χ1n) is 11.2. The predicted octanol–water partition coefficient (Wildman–Crippen LogP) is 5.72. The maximum atomic E-state index is 9.48. The second-order valence-electron chi connectivity index (χ2n) is 9.36. The number of nitrogens with zero attached hydrogens (tertiary/aromatic N) is 6. The van der Waals surface area contributed by atoms with Gasteiger partial charge < -0.3 is 4.90 Å². The van der Waals surface area contributed by atoms with E-state index in [-0.39, 0.29) is 0 Å².